The second-order valence-electron chi connectivity index (χ2n) is 11.0. The Morgan fingerprint density at radius 2 is 1.71 bits per heavy atom. The van der Waals surface area contributed by atoms with Gasteiger partial charge in [0.15, 0.2) is 12.1 Å². The second-order valence-corrected chi connectivity index (χ2v) is 11.0. The van der Waals surface area contributed by atoms with Crippen molar-refractivity contribution >= 4 is 17.4 Å². The number of aliphatic hydroxyl groups is 2. The fourth-order valence-electron chi connectivity index (χ4n) is 5.75. The summed E-state index contributed by atoms with van der Waals surface area (Å²) in [5.74, 6) is -0.350. The topological polar surface area (TPSA) is 108 Å². The lowest BCUT2D eigenvalue weighted by atomic mass is 9.90. The summed E-state index contributed by atoms with van der Waals surface area (Å²) < 4.78 is 13.1. The Morgan fingerprint density at radius 3 is 2.44 bits per heavy atom. The predicted molar refractivity (Wildman–Crippen MR) is 155 cm³/mol. The highest BCUT2D eigenvalue weighted by Crippen LogP contribution is 2.42. The molecule has 216 valence electrons. The number of Topliss-reactive ketones (excluding diaryl/α,β-unsaturated/α-hetero) is 1. The molecular formula is C33H38N2O6. The number of aliphatic hydroxyl groups excluding tert-OH is 2. The first-order chi connectivity index (χ1) is 19.9. The molecule has 1 amide bonds. The minimum atomic E-state index is -0.706. The van der Waals surface area contributed by atoms with Crippen LogP contribution in [0.25, 0.3) is 0 Å². The molecule has 3 aromatic carbocycles. The smallest absolute Gasteiger partial charge is 0.255 e. The average Bonchev–Trinajstić information content (AvgIpc) is 3.45. The van der Waals surface area contributed by atoms with Crippen LogP contribution in [0, 0.1) is 5.92 Å². The fourth-order valence-corrected chi connectivity index (χ4v) is 5.75. The number of benzene rings is 3. The van der Waals surface area contributed by atoms with Crippen LogP contribution in [-0.2, 0) is 16.1 Å². The third kappa shape index (κ3) is 6.74. The van der Waals surface area contributed by atoms with Crippen LogP contribution in [0.1, 0.15) is 76.5 Å². The van der Waals surface area contributed by atoms with E-state index in [0.29, 0.717) is 23.4 Å². The van der Waals surface area contributed by atoms with Crippen LogP contribution in [0.15, 0.2) is 72.8 Å². The number of ether oxygens (including phenoxy) is 2. The van der Waals surface area contributed by atoms with Crippen molar-refractivity contribution in [3.8, 4) is 0 Å². The Hall–Kier alpha value is -3.40. The van der Waals surface area contributed by atoms with Gasteiger partial charge >= 0.3 is 0 Å². The lowest BCUT2D eigenvalue weighted by Crippen LogP contribution is -2.46. The summed E-state index contributed by atoms with van der Waals surface area (Å²) in [6.07, 6.45) is 0.868. The number of likely N-dealkylation sites (tertiary alicyclic amines) is 1. The highest BCUT2D eigenvalue weighted by molar-refractivity contribution is 6.05. The second kappa shape index (κ2) is 13.1. The van der Waals surface area contributed by atoms with E-state index in [4.69, 9.17) is 9.47 Å². The molecule has 5 rings (SSSR count). The summed E-state index contributed by atoms with van der Waals surface area (Å²) in [7, 11) is 0. The first kappa shape index (κ1) is 29.1. The van der Waals surface area contributed by atoms with Gasteiger partial charge in [-0.25, -0.2) is 0 Å². The van der Waals surface area contributed by atoms with E-state index in [1.165, 1.54) is 6.92 Å². The lowest BCUT2D eigenvalue weighted by Gasteiger charge is -2.43. The van der Waals surface area contributed by atoms with Crippen molar-refractivity contribution in [2.45, 2.75) is 57.8 Å². The molecule has 0 spiro atoms. The zero-order valence-electron chi connectivity index (χ0n) is 23.5. The standard InChI is InChI=1S/C33H38N2O6/c1-21-30(18-35-15-5-10-29(35)20-37)40-33(41-31(21)24-13-11-23(19-36)12-14-24)27-8-3-7-26(16-27)32(39)34-28-9-4-6-25(17-28)22(2)38/h3-4,6-9,11-14,16-17,21,29-31,33,36-37H,5,10,15,18-20H2,1-2H3,(H,34,39)/t21-,29-,30+,31+,33?/m0/s1. The Balaban J connectivity index is 1.39. The van der Waals surface area contributed by atoms with Gasteiger partial charge < -0.3 is 25.0 Å². The first-order valence-corrected chi connectivity index (χ1v) is 14.2. The Labute approximate surface area is 240 Å². The molecule has 1 unspecified atom stereocenters. The van der Waals surface area contributed by atoms with Crippen molar-refractivity contribution in [2.75, 3.05) is 25.0 Å². The molecule has 0 saturated carbocycles. The van der Waals surface area contributed by atoms with Crippen molar-refractivity contribution in [3.63, 3.8) is 0 Å². The molecule has 8 nitrogen and oxygen atoms in total. The number of anilines is 1. The van der Waals surface area contributed by atoms with Crippen LogP contribution in [0.5, 0.6) is 0 Å². The van der Waals surface area contributed by atoms with Gasteiger partial charge in [-0.1, -0.05) is 55.5 Å². The molecule has 2 fully saturated rings. The van der Waals surface area contributed by atoms with Crippen LogP contribution in [0.2, 0.25) is 0 Å². The van der Waals surface area contributed by atoms with Crippen molar-refractivity contribution < 1.29 is 29.3 Å². The van der Waals surface area contributed by atoms with Crippen molar-refractivity contribution in [3.05, 3.63) is 101 Å². The zero-order chi connectivity index (χ0) is 28.9. The van der Waals surface area contributed by atoms with E-state index in [2.05, 4.69) is 17.1 Å². The molecule has 0 aromatic heterocycles. The van der Waals surface area contributed by atoms with E-state index in [0.717, 1.165) is 36.1 Å². The summed E-state index contributed by atoms with van der Waals surface area (Å²) in [6, 6.07) is 22.0. The molecule has 0 bridgehead atoms. The molecular weight excluding hydrogens is 520 g/mol. The maximum atomic E-state index is 13.2. The highest BCUT2D eigenvalue weighted by Gasteiger charge is 2.40. The van der Waals surface area contributed by atoms with E-state index in [9.17, 15) is 19.8 Å². The maximum absolute atomic E-state index is 13.2. The molecule has 41 heavy (non-hydrogen) atoms. The summed E-state index contributed by atoms with van der Waals surface area (Å²) in [6.45, 7) is 5.30. The molecule has 0 aliphatic carbocycles. The molecule has 0 radical (unpaired) electrons. The van der Waals surface area contributed by atoms with Crippen molar-refractivity contribution in [2.24, 2.45) is 5.92 Å². The highest BCUT2D eigenvalue weighted by atomic mass is 16.7. The number of hydrogen-bond donors (Lipinski definition) is 3. The zero-order valence-corrected chi connectivity index (χ0v) is 23.5. The molecule has 2 saturated heterocycles. The molecule has 2 aliphatic heterocycles. The Morgan fingerprint density at radius 1 is 0.951 bits per heavy atom. The number of carbonyl (C=O) groups excluding carboxylic acids is 2. The van der Waals surface area contributed by atoms with E-state index >= 15 is 0 Å². The molecule has 5 atom stereocenters. The van der Waals surface area contributed by atoms with Crippen LogP contribution in [0.3, 0.4) is 0 Å². The van der Waals surface area contributed by atoms with Gasteiger partial charge in [0.1, 0.15) is 0 Å². The number of nitrogens with zero attached hydrogens (tertiary/aromatic N) is 1. The number of ketones is 1. The quantitative estimate of drug-likeness (QED) is 0.321. The number of amides is 1. The Kier molecular flexibility index (Phi) is 9.27. The van der Waals surface area contributed by atoms with Gasteiger partial charge in [0.25, 0.3) is 5.91 Å². The normalized spacial score (nSPS) is 24.7. The van der Waals surface area contributed by atoms with E-state index in [1.807, 2.05) is 36.4 Å². The number of hydrogen-bond acceptors (Lipinski definition) is 7. The van der Waals surface area contributed by atoms with E-state index in [1.54, 1.807) is 36.4 Å². The minimum Gasteiger partial charge on any atom is -0.395 e. The third-order valence-electron chi connectivity index (χ3n) is 8.20. The largest absolute Gasteiger partial charge is 0.395 e. The summed E-state index contributed by atoms with van der Waals surface area (Å²) >= 11 is 0. The molecule has 3 N–H and O–H groups in total. The Bertz CT molecular complexity index is 1360. The average molecular weight is 559 g/mol. The minimum absolute atomic E-state index is 0.0196. The number of nitrogens with one attached hydrogen (secondary N) is 1. The van der Waals surface area contributed by atoms with E-state index in [-0.39, 0.29) is 49.1 Å². The molecule has 2 aliphatic rings. The predicted octanol–water partition coefficient (Wildman–Crippen LogP) is 4.88. The van der Waals surface area contributed by atoms with Crippen molar-refractivity contribution in [1.82, 2.24) is 4.90 Å². The first-order valence-electron chi connectivity index (χ1n) is 14.2. The SMILES string of the molecule is CC(=O)c1cccc(NC(=O)c2cccc(C3O[C@H](CN4CCC[C@H]4CO)[C@H](C)[C@H](c4ccc(CO)cc4)O3)c2)c1. The van der Waals surface area contributed by atoms with Gasteiger partial charge in [-0.05, 0) is 61.7 Å². The van der Waals surface area contributed by atoms with Crippen molar-refractivity contribution in [1.29, 1.82) is 0 Å². The summed E-state index contributed by atoms with van der Waals surface area (Å²) in [5.41, 5.74) is 4.07. The van der Waals surface area contributed by atoms with Crippen LogP contribution >= 0.6 is 0 Å². The number of carbonyl (C=O) groups is 2. The number of rotatable bonds is 9. The van der Waals surface area contributed by atoms with Gasteiger partial charge in [0.2, 0.25) is 0 Å². The maximum Gasteiger partial charge on any atom is 0.255 e. The molecule has 3 aromatic rings. The van der Waals surface area contributed by atoms with Crippen LogP contribution in [-0.4, -0.2) is 58.6 Å². The monoisotopic (exact) mass is 558 g/mol. The van der Waals surface area contributed by atoms with Gasteiger partial charge in [-0.3, -0.25) is 14.5 Å². The van der Waals surface area contributed by atoms with Gasteiger partial charge in [-0.2, -0.15) is 0 Å². The van der Waals surface area contributed by atoms with Gasteiger partial charge in [0, 0.05) is 40.9 Å². The van der Waals surface area contributed by atoms with Crippen LogP contribution < -0.4 is 5.32 Å². The summed E-state index contributed by atoms with van der Waals surface area (Å²) in [5, 5.41) is 22.3. The van der Waals surface area contributed by atoms with Crippen LogP contribution in [0.4, 0.5) is 5.69 Å². The molecule has 8 heteroatoms. The lowest BCUT2D eigenvalue weighted by molar-refractivity contribution is -0.276. The fraction of sp³-hybridized carbons (Fsp3) is 0.394. The van der Waals surface area contributed by atoms with Gasteiger partial charge in [-0.15, -0.1) is 0 Å². The van der Waals surface area contributed by atoms with Gasteiger partial charge in [0.05, 0.1) is 25.4 Å². The third-order valence-corrected chi connectivity index (χ3v) is 8.20. The van der Waals surface area contributed by atoms with E-state index < -0.39 is 6.29 Å². The summed E-state index contributed by atoms with van der Waals surface area (Å²) in [4.78, 5) is 27.2. The molecule has 2 heterocycles.